The van der Waals surface area contributed by atoms with Crippen molar-refractivity contribution in [3.8, 4) is 0 Å². The molecule has 3 aromatic rings. The molecular formula is C21H21N3O. The van der Waals surface area contributed by atoms with Gasteiger partial charge in [-0.2, -0.15) is 0 Å². The van der Waals surface area contributed by atoms with Crippen molar-refractivity contribution >= 4 is 23.0 Å². The molecule has 0 atom stereocenters. The Hall–Kier alpha value is -3.14. The zero-order chi connectivity index (χ0) is 17.8. The van der Waals surface area contributed by atoms with Crippen LogP contribution in [0.2, 0.25) is 0 Å². The summed E-state index contributed by atoms with van der Waals surface area (Å²) in [7, 11) is 0. The van der Waals surface area contributed by atoms with Gasteiger partial charge >= 0.3 is 0 Å². The van der Waals surface area contributed by atoms with Gasteiger partial charge in [-0.3, -0.25) is 4.79 Å². The van der Waals surface area contributed by atoms with Gasteiger partial charge in [-0.1, -0.05) is 30.3 Å². The lowest BCUT2D eigenvalue weighted by Crippen LogP contribution is -2.14. The lowest BCUT2D eigenvalue weighted by Gasteiger charge is -2.11. The van der Waals surface area contributed by atoms with Crippen molar-refractivity contribution in [2.45, 2.75) is 20.8 Å². The number of amides is 1. The molecule has 4 nitrogen and oxygen atoms in total. The van der Waals surface area contributed by atoms with E-state index in [-0.39, 0.29) is 5.91 Å². The van der Waals surface area contributed by atoms with Gasteiger partial charge in [0.15, 0.2) is 0 Å². The molecule has 0 saturated carbocycles. The third-order valence-electron chi connectivity index (χ3n) is 4.27. The number of carbonyl (C=O) groups is 1. The summed E-state index contributed by atoms with van der Waals surface area (Å²) in [5.41, 5.74) is 6.43. The number of aromatic nitrogens is 1. The molecule has 0 unspecified atom stereocenters. The lowest BCUT2D eigenvalue weighted by atomic mass is 10.1. The standard InChI is InChI=1S/C21H21N3O/c1-14-8-6-10-19(16(14)3)24-21(25)20-12-11-17(13-22-20)23-18-9-5-4-7-15(18)2/h4-13,23H,1-3H3,(H,24,25). The molecule has 1 amide bonds. The molecule has 0 fully saturated rings. The Morgan fingerprint density at radius 3 is 2.28 bits per heavy atom. The fourth-order valence-corrected chi connectivity index (χ4v) is 2.54. The molecule has 1 heterocycles. The summed E-state index contributed by atoms with van der Waals surface area (Å²) in [5, 5.41) is 6.23. The van der Waals surface area contributed by atoms with E-state index in [4.69, 9.17) is 0 Å². The second-order valence-electron chi connectivity index (χ2n) is 6.07. The Bertz CT molecular complexity index is 901. The fraction of sp³-hybridized carbons (Fsp3) is 0.143. The Morgan fingerprint density at radius 1 is 0.840 bits per heavy atom. The van der Waals surface area contributed by atoms with Gasteiger partial charge in [0.25, 0.3) is 5.91 Å². The predicted molar refractivity (Wildman–Crippen MR) is 103 cm³/mol. The number of anilines is 3. The highest BCUT2D eigenvalue weighted by Gasteiger charge is 2.10. The van der Waals surface area contributed by atoms with Crippen molar-refractivity contribution in [2.24, 2.45) is 0 Å². The van der Waals surface area contributed by atoms with Gasteiger partial charge in [0, 0.05) is 11.4 Å². The van der Waals surface area contributed by atoms with Crippen LogP contribution in [0.25, 0.3) is 0 Å². The molecule has 3 rings (SSSR count). The van der Waals surface area contributed by atoms with E-state index in [1.807, 2.05) is 69.3 Å². The van der Waals surface area contributed by atoms with Crippen LogP contribution in [0.5, 0.6) is 0 Å². The van der Waals surface area contributed by atoms with E-state index >= 15 is 0 Å². The maximum atomic E-state index is 12.4. The van der Waals surface area contributed by atoms with E-state index in [0.29, 0.717) is 5.69 Å². The number of benzene rings is 2. The van der Waals surface area contributed by atoms with Crippen molar-refractivity contribution in [1.82, 2.24) is 4.98 Å². The minimum absolute atomic E-state index is 0.212. The third kappa shape index (κ3) is 3.86. The Balaban J connectivity index is 1.72. The van der Waals surface area contributed by atoms with Crippen molar-refractivity contribution in [3.63, 3.8) is 0 Å². The molecule has 2 aromatic carbocycles. The van der Waals surface area contributed by atoms with Crippen molar-refractivity contribution in [3.05, 3.63) is 83.2 Å². The highest BCUT2D eigenvalue weighted by Crippen LogP contribution is 2.21. The Labute approximate surface area is 147 Å². The largest absolute Gasteiger partial charge is 0.354 e. The molecule has 0 aliphatic carbocycles. The maximum absolute atomic E-state index is 12.4. The number of aryl methyl sites for hydroxylation is 2. The summed E-state index contributed by atoms with van der Waals surface area (Å²) in [4.78, 5) is 16.7. The second-order valence-corrected chi connectivity index (χ2v) is 6.07. The normalized spacial score (nSPS) is 10.4. The summed E-state index contributed by atoms with van der Waals surface area (Å²) in [6.07, 6.45) is 1.67. The molecule has 0 radical (unpaired) electrons. The molecule has 126 valence electrons. The number of carbonyl (C=O) groups excluding carboxylic acids is 1. The molecule has 0 aliphatic rings. The minimum atomic E-state index is -0.212. The summed E-state index contributed by atoms with van der Waals surface area (Å²) in [6, 6.07) is 17.5. The summed E-state index contributed by atoms with van der Waals surface area (Å²) < 4.78 is 0. The first-order valence-electron chi connectivity index (χ1n) is 8.21. The first-order chi connectivity index (χ1) is 12.0. The van der Waals surface area contributed by atoms with Crippen LogP contribution in [0.4, 0.5) is 17.1 Å². The van der Waals surface area contributed by atoms with Crippen molar-refractivity contribution in [2.75, 3.05) is 10.6 Å². The Kier molecular flexibility index (Phi) is 4.80. The van der Waals surface area contributed by atoms with Crippen molar-refractivity contribution < 1.29 is 4.79 Å². The first kappa shape index (κ1) is 16.7. The van der Waals surface area contributed by atoms with Crippen LogP contribution in [0.3, 0.4) is 0 Å². The summed E-state index contributed by atoms with van der Waals surface area (Å²) in [5.74, 6) is -0.212. The fourth-order valence-electron chi connectivity index (χ4n) is 2.54. The number of nitrogens with one attached hydrogen (secondary N) is 2. The van der Waals surface area contributed by atoms with Gasteiger partial charge < -0.3 is 10.6 Å². The SMILES string of the molecule is Cc1ccccc1Nc1ccc(C(=O)Nc2cccc(C)c2C)nc1. The van der Waals surface area contributed by atoms with Crippen LogP contribution in [-0.4, -0.2) is 10.9 Å². The van der Waals surface area contributed by atoms with Gasteiger partial charge in [-0.05, 0) is 61.7 Å². The molecular weight excluding hydrogens is 310 g/mol. The number of hydrogen-bond acceptors (Lipinski definition) is 3. The predicted octanol–water partition coefficient (Wildman–Crippen LogP) is 5.00. The number of hydrogen-bond donors (Lipinski definition) is 2. The summed E-state index contributed by atoms with van der Waals surface area (Å²) >= 11 is 0. The molecule has 0 spiro atoms. The first-order valence-corrected chi connectivity index (χ1v) is 8.21. The van der Waals surface area contributed by atoms with Crippen molar-refractivity contribution in [1.29, 1.82) is 0 Å². The minimum Gasteiger partial charge on any atom is -0.354 e. The quantitative estimate of drug-likeness (QED) is 0.707. The van der Waals surface area contributed by atoms with Gasteiger partial charge in [-0.25, -0.2) is 4.98 Å². The second kappa shape index (κ2) is 7.18. The van der Waals surface area contributed by atoms with Crippen LogP contribution in [0.1, 0.15) is 27.2 Å². The molecule has 0 aliphatic heterocycles. The topological polar surface area (TPSA) is 54.0 Å². The number of para-hydroxylation sites is 1. The molecule has 0 saturated heterocycles. The average molecular weight is 331 g/mol. The van der Waals surface area contributed by atoms with Crippen LogP contribution in [0.15, 0.2) is 60.8 Å². The average Bonchev–Trinajstić information content (AvgIpc) is 2.61. The zero-order valence-electron chi connectivity index (χ0n) is 14.6. The third-order valence-corrected chi connectivity index (χ3v) is 4.27. The van der Waals surface area contributed by atoms with E-state index in [0.717, 1.165) is 33.8 Å². The zero-order valence-corrected chi connectivity index (χ0v) is 14.6. The van der Waals surface area contributed by atoms with Crippen LogP contribution in [0, 0.1) is 20.8 Å². The van der Waals surface area contributed by atoms with Gasteiger partial charge in [0.05, 0.1) is 11.9 Å². The lowest BCUT2D eigenvalue weighted by molar-refractivity contribution is 0.102. The Morgan fingerprint density at radius 2 is 1.56 bits per heavy atom. The van der Waals surface area contributed by atoms with Crippen LogP contribution in [-0.2, 0) is 0 Å². The van der Waals surface area contributed by atoms with E-state index in [2.05, 4.69) is 15.6 Å². The molecule has 0 bridgehead atoms. The van der Waals surface area contributed by atoms with Crippen LogP contribution >= 0.6 is 0 Å². The highest BCUT2D eigenvalue weighted by molar-refractivity contribution is 6.03. The van der Waals surface area contributed by atoms with E-state index in [9.17, 15) is 4.79 Å². The van der Waals surface area contributed by atoms with E-state index in [1.54, 1.807) is 12.3 Å². The number of nitrogens with zero attached hydrogens (tertiary/aromatic N) is 1. The van der Waals surface area contributed by atoms with Gasteiger partial charge in [-0.15, -0.1) is 0 Å². The smallest absolute Gasteiger partial charge is 0.274 e. The molecule has 1 aromatic heterocycles. The summed E-state index contributed by atoms with van der Waals surface area (Å²) in [6.45, 7) is 6.06. The molecule has 2 N–H and O–H groups in total. The monoisotopic (exact) mass is 331 g/mol. The number of pyridine rings is 1. The maximum Gasteiger partial charge on any atom is 0.274 e. The number of rotatable bonds is 4. The van der Waals surface area contributed by atoms with Crippen LogP contribution < -0.4 is 10.6 Å². The molecule has 25 heavy (non-hydrogen) atoms. The highest BCUT2D eigenvalue weighted by atomic mass is 16.1. The van der Waals surface area contributed by atoms with Gasteiger partial charge in [0.2, 0.25) is 0 Å². The van der Waals surface area contributed by atoms with Gasteiger partial charge in [0.1, 0.15) is 5.69 Å². The van der Waals surface area contributed by atoms with E-state index < -0.39 is 0 Å². The molecule has 4 heteroatoms. The van der Waals surface area contributed by atoms with E-state index in [1.165, 1.54) is 0 Å².